The molecule has 2 aliphatic rings. The van der Waals surface area contributed by atoms with Gasteiger partial charge < -0.3 is 14.7 Å². The number of pyridine rings is 1. The molecule has 182 valence electrons. The normalized spacial score (nSPS) is 18.6. The quantitative estimate of drug-likeness (QED) is 0.630. The summed E-state index contributed by atoms with van der Waals surface area (Å²) in [6, 6.07) is 11.9. The van der Waals surface area contributed by atoms with Gasteiger partial charge in [-0.1, -0.05) is 12.1 Å². The van der Waals surface area contributed by atoms with Crippen LogP contribution in [0.2, 0.25) is 0 Å². The van der Waals surface area contributed by atoms with Gasteiger partial charge in [0, 0.05) is 62.9 Å². The van der Waals surface area contributed by atoms with Crippen LogP contribution < -0.4 is 4.90 Å². The molecular weight excluding hydrogens is 440 g/mol. The summed E-state index contributed by atoms with van der Waals surface area (Å²) in [6.07, 6.45) is 5.06. The van der Waals surface area contributed by atoms with Crippen LogP contribution in [0, 0.1) is 19.8 Å². The first-order valence-electron chi connectivity index (χ1n) is 12.4. The molecule has 4 heterocycles. The number of nitrogens with one attached hydrogen (secondary N) is 1. The van der Waals surface area contributed by atoms with Crippen molar-refractivity contribution in [1.29, 1.82) is 0 Å². The van der Waals surface area contributed by atoms with Crippen molar-refractivity contribution in [3.8, 4) is 11.3 Å². The van der Waals surface area contributed by atoms with E-state index in [0.29, 0.717) is 37.6 Å². The number of benzene rings is 1. The molecule has 5 rings (SSSR count). The number of aromatic amines is 1. The standard InChI is InChI=1S/C27H32N6O2/c1-19-5-3-7-25(20(19)2)31-13-15-32(16-14-31)26(34)22-6-4-12-33(18-22)27(35)24-17-23(29-30-24)21-8-10-28-11-9-21/h3,5,7-11,17,22H,4,6,12-16,18H2,1-2H3,(H,29,30). The molecule has 2 aliphatic heterocycles. The largest absolute Gasteiger partial charge is 0.368 e. The molecule has 0 saturated carbocycles. The van der Waals surface area contributed by atoms with E-state index in [1.54, 1.807) is 23.4 Å². The van der Waals surface area contributed by atoms with E-state index in [4.69, 9.17) is 0 Å². The third kappa shape index (κ3) is 4.78. The molecule has 2 saturated heterocycles. The Hall–Kier alpha value is -3.68. The van der Waals surface area contributed by atoms with Gasteiger partial charge in [-0.2, -0.15) is 5.10 Å². The summed E-state index contributed by atoms with van der Waals surface area (Å²) in [5.41, 5.74) is 5.92. The average molecular weight is 473 g/mol. The predicted molar refractivity (Wildman–Crippen MR) is 135 cm³/mol. The fraction of sp³-hybridized carbons (Fsp3) is 0.407. The number of carbonyl (C=O) groups excluding carboxylic acids is 2. The van der Waals surface area contributed by atoms with Crippen LogP contribution in [0.1, 0.15) is 34.5 Å². The molecular formula is C27H32N6O2. The highest BCUT2D eigenvalue weighted by atomic mass is 16.2. The van der Waals surface area contributed by atoms with Crippen molar-refractivity contribution in [2.45, 2.75) is 26.7 Å². The lowest BCUT2D eigenvalue weighted by Gasteiger charge is -2.40. The number of piperazine rings is 1. The van der Waals surface area contributed by atoms with Crippen molar-refractivity contribution in [3.63, 3.8) is 0 Å². The summed E-state index contributed by atoms with van der Waals surface area (Å²) >= 11 is 0. The topological polar surface area (TPSA) is 85.4 Å². The summed E-state index contributed by atoms with van der Waals surface area (Å²) < 4.78 is 0. The second kappa shape index (κ2) is 9.90. The highest BCUT2D eigenvalue weighted by molar-refractivity contribution is 5.94. The third-order valence-electron chi connectivity index (χ3n) is 7.35. The van der Waals surface area contributed by atoms with Gasteiger partial charge in [0.2, 0.25) is 5.91 Å². The Morgan fingerprint density at radius 2 is 1.74 bits per heavy atom. The van der Waals surface area contributed by atoms with Gasteiger partial charge in [-0.05, 0) is 62.1 Å². The Morgan fingerprint density at radius 1 is 0.971 bits per heavy atom. The Morgan fingerprint density at radius 3 is 2.51 bits per heavy atom. The smallest absolute Gasteiger partial charge is 0.271 e. The number of anilines is 1. The van der Waals surface area contributed by atoms with Gasteiger partial charge in [0.1, 0.15) is 5.69 Å². The Labute approximate surface area is 205 Å². The lowest BCUT2D eigenvalue weighted by Crippen LogP contribution is -2.53. The van der Waals surface area contributed by atoms with Gasteiger partial charge in [-0.25, -0.2) is 0 Å². The first-order valence-corrected chi connectivity index (χ1v) is 12.4. The molecule has 0 spiro atoms. The highest BCUT2D eigenvalue weighted by Gasteiger charge is 2.33. The number of hydrogen-bond acceptors (Lipinski definition) is 5. The van der Waals surface area contributed by atoms with E-state index in [0.717, 1.165) is 31.5 Å². The zero-order chi connectivity index (χ0) is 24.4. The van der Waals surface area contributed by atoms with Gasteiger partial charge >= 0.3 is 0 Å². The van der Waals surface area contributed by atoms with Gasteiger partial charge in [-0.3, -0.25) is 19.7 Å². The van der Waals surface area contributed by atoms with E-state index < -0.39 is 0 Å². The number of rotatable bonds is 4. The first kappa shape index (κ1) is 23.1. The molecule has 0 bridgehead atoms. The van der Waals surface area contributed by atoms with E-state index in [9.17, 15) is 9.59 Å². The molecule has 2 amide bonds. The number of H-pyrrole nitrogens is 1. The maximum Gasteiger partial charge on any atom is 0.271 e. The van der Waals surface area contributed by atoms with Crippen molar-refractivity contribution in [3.05, 3.63) is 65.6 Å². The molecule has 3 aromatic rings. The molecule has 1 atom stereocenters. The van der Waals surface area contributed by atoms with Gasteiger partial charge in [0.05, 0.1) is 11.6 Å². The number of likely N-dealkylation sites (tertiary alicyclic amines) is 1. The number of hydrogen-bond donors (Lipinski definition) is 1. The van der Waals surface area contributed by atoms with Crippen LogP contribution in [0.4, 0.5) is 5.69 Å². The zero-order valence-electron chi connectivity index (χ0n) is 20.4. The molecule has 1 N–H and O–H groups in total. The number of nitrogens with zero attached hydrogens (tertiary/aromatic N) is 5. The van der Waals surface area contributed by atoms with Crippen LogP contribution in [-0.2, 0) is 4.79 Å². The Kier molecular flexibility index (Phi) is 6.53. The number of aryl methyl sites for hydroxylation is 1. The van der Waals surface area contributed by atoms with Gasteiger partial charge in [0.15, 0.2) is 0 Å². The number of amides is 2. The van der Waals surface area contributed by atoms with Crippen LogP contribution >= 0.6 is 0 Å². The predicted octanol–water partition coefficient (Wildman–Crippen LogP) is 3.29. The van der Waals surface area contributed by atoms with Gasteiger partial charge in [0.25, 0.3) is 5.91 Å². The summed E-state index contributed by atoms with van der Waals surface area (Å²) in [7, 11) is 0. The number of aromatic nitrogens is 3. The second-order valence-electron chi connectivity index (χ2n) is 9.52. The van der Waals surface area contributed by atoms with Crippen LogP contribution in [0.5, 0.6) is 0 Å². The van der Waals surface area contributed by atoms with Crippen molar-refractivity contribution < 1.29 is 9.59 Å². The molecule has 8 heteroatoms. The second-order valence-corrected chi connectivity index (χ2v) is 9.52. The van der Waals surface area contributed by atoms with Crippen molar-refractivity contribution in [1.82, 2.24) is 25.0 Å². The summed E-state index contributed by atoms with van der Waals surface area (Å²) in [4.78, 5) is 36.7. The minimum atomic E-state index is -0.150. The molecule has 1 unspecified atom stereocenters. The number of carbonyl (C=O) groups is 2. The van der Waals surface area contributed by atoms with Crippen LogP contribution in [0.3, 0.4) is 0 Å². The monoisotopic (exact) mass is 472 g/mol. The molecule has 0 aliphatic carbocycles. The first-order chi connectivity index (χ1) is 17.0. The van der Waals surface area contributed by atoms with E-state index in [-0.39, 0.29) is 17.7 Å². The summed E-state index contributed by atoms with van der Waals surface area (Å²) in [6.45, 7) is 8.51. The Balaban J connectivity index is 1.19. The van der Waals surface area contributed by atoms with Crippen molar-refractivity contribution in [2.75, 3.05) is 44.2 Å². The third-order valence-corrected chi connectivity index (χ3v) is 7.35. The molecule has 8 nitrogen and oxygen atoms in total. The van der Waals surface area contributed by atoms with E-state index in [2.05, 4.69) is 52.1 Å². The van der Waals surface area contributed by atoms with Gasteiger partial charge in [-0.15, -0.1) is 0 Å². The minimum absolute atomic E-state index is 0.102. The SMILES string of the molecule is Cc1cccc(N2CCN(C(=O)C3CCCN(C(=O)c4cc(-c5ccncc5)n[nH]4)C3)CC2)c1C. The van der Waals surface area contributed by atoms with Crippen LogP contribution in [-0.4, -0.2) is 76.1 Å². The maximum absolute atomic E-state index is 13.4. The number of piperidine rings is 1. The summed E-state index contributed by atoms with van der Waals surface area (Å²) in [5, 5.41) is 7.17. The van der Waals surface area contributed by atoms with Crippen molar-refractivity contribution in [2.24, 2.45) is 5.92 Å². The van der Waals surface area contributed by atoms with E-state index in [1.807, 2.05) is 17.0 Å². The fourth-order valence-corrected chi connectivity index (χ4v) is 5.14. The summed E-state index contributed by atoms with van der Waals surface area (Å²) in [5.74, 6) is -0.0807. The molecule has 1 aromatic carbocycles. The molecule has 0 radical (unpaired) electrons. The highest BCUT2D eigenvalue weighted by Crippen LogP contribution is 2.26. The minimum Gasteiger partial charge on any atom is -0.368 e. The molecule has 2 aromatic heterocycles. The van der Waals surface area contributed by atoms with E-state index in [1.165, 1.54) is 16.8 Å². The maximum atomic E-state index is 13.4. The average Bonchev–Trinajstić information content (AvgIpc) is 3.41. The fourth-order valence-electron chi connectivity index (χ4n) is 5.14. The lowest BCUT2D eigenvalue weighted by atomic mass is 9.95. The van der Waals surface area contributed by atoms with Crippen LogP contribution in [0.15, 0.2) is 48.8 Å². The Bertz CT molecular complexity index is 1200. The van der Waals surface area contributed by atoms with Crippen molar-refractivity contribution >= 4 is 17.5 Å². The van der Waals surface area contributed by atoms with E-state index >= 15 is 0 Å². The molecule has 2 fully saturated rings. The zero-order valence-corrected chi connectivity index (χ0v) is 20.4. The van der Waals surface area contributed by atoms with Crippen LogP contribution in [0.25, 0.3) is 11.3 Å². The molecule has 35 heavy (non-hydrogen) atoms. The lowest BCUT2D eigenvalue weighted by molar-refractivity contribution is -0.137.